The molecule has 10 heteroatoms. The summed E-state index contributed by atoms with van der Waals surface area (Å²) in [7, 11) is 0. The molecule has 4 rings (SSSR count). The van der Waals surface area contributed by atoms with Crippen molar-refractivity contribution in [1.29, 1.82) is 0 Å². The molecular weight excluding hydrogens is 497 g/mol. The minimum atomic E-state index is -4.62. The molecule has 0 radical (unpaired) electrons. The fourth-order valence-electron chi connectivity index (χ4n) is 3.94. The Morgan fingerprint density at radius 2 is 1.71 bits per heavy atom. The van der Waals surface area contributed by atoms with Gasteiger partial charge in [-0.3, -0.25) is 4.79 Å². The zero-order valence-corrected chi connectivity index (χ0v) is 20.8. The molecular formula is C25H24ClF3N4OS. The zero-order valence-electron chi connectivity index (χ0n) is 19.2. The van der Waals surface area contributed by atoms with Gasteiger partial charge in [-0.1, -0.05) is 59.8 Å². The lowest BCUT2D eigenvalue weighted by molar-refractivity contribution is -0.141. The maximum Gasteiger partial charge on any atom is 0.433 e. The van der Waals surface area contributed by atoms with Crippen LogP contribution in [0.1, 0.15) is 18.2 Å². The van der Waals surface area contributed by atoms with E-state index in [0.717, 1.165) is 29.1 Å². The van der Waals surface area contributed by atoms with E-state index in [2.05, 4.69) is 14.9 Å². The first-order valence-electron chi connectivity index (χ1n) is 11.1. The van der Waals surface area contributed by atoms with Crippen LogP contribution in [0.15, 0.2) is 59.8 Å². The number of carbonyl (C=O) groups is 1. The van der Waals surface area contributed by atoms with Crippen LogP contribution in [0.2, 0.25) is 5.02 Å². The lowest BCUT2D eigenvalue weighted by Gasteiger charge is -2.37. The highest BCUT2D eigenvalue weighted by atomic mass is 35.5. The number of alkyl halides is 3. The first-order valence-corrected chi connectivity index (χ1v) is 12.4. The van der Waals surface area contributed by atoms with Gasteiger partial charge < -0.3 is 9.80 Å². The fraction of sp³-hybridized carbons (Fsp3) is 0.320. The SMILES string of the molecule is Cc1ccc(Cl)cc1N1CCN(C(=O)C(C)Sc2nc(-c3ccccc3)cc(C(F)(F)F)n2)CC1. The van der Waals surface area contributed by atoms with Crippen molar-refractivity contribution in [3.8, 4) is 11.3 Å². The van der Waals surface area contributed by atoms with Gasteiger partial charge in [0.15, 0.2) is 5.16 Å². The Hall–Kier alpha value is -2.78. The molecule has 2 aromatic carbocycles. The summed E-state index contributed by atoms with van der Waals surface area (Å²) in [6.07, 6.45) is -4.62. The molecule has 0 N–H and O–H groups in total. The summed E-state index contributed by atoms with van der Waals surface area (Å²) >= 11 is 7.09. The summed E-state index contributed by atoms with van der Waals surface area (Å²) in [5, 5.41) is -0.0561. The number of benzene rings is 2. The molecule has 1 aromatic heterocycles. The number of thioether (sulfide) groups is 1. The van der Waals surface area contributed by atoms with Crippen LogP contribution >= 0.6 is 23.4 Å². The standard InChI is InChI=1S/C25H24ClF3N4OS/c1-16-8-9-19(26)14-21(16)32-10-12-33(13-11-32)23(34)17(2)35-24-30-20(18-6-4-3-5-7-18)15-22(31-24)25(27,28)29/h3-9,14-15,17H,10-13H2,1-2H3. The Kier molecular flexibility index (Phi) is 7.56. The molecule has 1 aliphatic rings. The number of anilines is 1. The number of rotatable bonds is 5. The zero-order chi connectivity index (χ0) is 25.2. The van der Waals surface area contributed by atoms with Gasteiger partial charge in [-0.05, 0) is 37.6 Å². The lowest BCUT2D eigenvalue weighted by Crippen LogP contribution is -2.50. The summed E-state index contributed by atoms with van der Waals surface area (Å²) in [5.41, 5.74) is 1.83. The minimum Gasteiger partial charge on any atom is -0.368 e. The molecule has 1 amide bonds. The maximum atomic E-state index is 13.5. The number of amides is 1. The van der Waals surface area contributed by atoms with Gasteiger partial charge in [0.05, 0.1) is 10.9 Å². The molecule has 2 heterocycles. The van der Waals surface area contributed by atoms with E-state index in [1.807, 2.05) is 25.1 Å². The number of piperazine rings is 1. The molecule has 35 heavy (non-hydrogen) atoms. The van der Waals surface area contributed by atoms with E-state index < -0.39 is 17.1 Å². The third-order valence-electron chi connectivity index (χ3n) is 5.80. The second-order valence-electron chi connectivity index (χ2n) is 8.29. The summed E-state index contributed by atoms with van der Waals surface area (Å²) in [4.78, 5) is 25.0. The van der Waals surface area contributed by atoms with E-state index in [0.29, 0.717) is 36.8 Å². The highest BCUT2D eigenvalue weighted by Crippen LogP contribution is 2.33. The predicted molar refractivity (Wildman–Crippen MR) is 133 cm³/mol. The summed E-state index contributed by atoms with van der Waals surface area (Å²) in [6, 6.07) is 15.3. The van der Waals surface area contributed by atoms with Gasteiger partial charge in [-0.2, -0.15) is 13.2 Å². The number of aryl methyl sites for hydroxylation is 1. The van der Waals surface area contributed by atoms with Crippen molar-refractivity contribution in [2.45, 2.75) is 30.4 Å². The highest BCUT2D eigenvalue weighted by molar-refractivity contribution is 8.00. The molecule has 184 valence electrons. The molecule has 1 fully saturated rings. The van der Waals surface area contributed by atoms with Crippen LogP contribution in [0.3, 0.4) is 0 Å². The normalized spacial score (nSPS) is 15.3. The van der Waals surface area contributed by atoms with E-state index >= 15 is 0 Å². The van der Waals surface area contributed by atoms with Crippen LogP contribution in [0.5, 0.6) is 0 Å². The van der Waals surface area contributed by atoms with E-state index in [1.165, 1.54) is 0 Å². The van der Waals surface area contributed by atoms with Gasteiger partial charge in [0.2, 0.25) is 5.91 Å². The fourth-order valence-corrected chi connectivity index (χ4v) is 4.97. The van der Waals surface area contributed by atoms with Crippen LogP contribution in [0.25, 0.3) is 11.3 Å². The van der Waals surface area contributed by atoms with E-state index in [4.69, 9.17) is 11.6 Å². The Labute approximate surface area is 211 Å². The number of halogens is 4. The number of aromatic nitrogens is 2. The first-order chi connectivity index (χ1) is 16.6. The molecule has 1 saturated heterocycles. The maximum absolute atomic E-state index is 13.5. The smallest absolute Gasteiger partial charge is 0.368 e. The monoisotopic (exact) mass is 520 g/mol. The topological polar surface area (TPSA) is 49.3 Å². The van der Waals surface area contributed by atoms with Gasteiger partial charge in [0, 0.05) is 42.5 Å². The minimum absolute atomic E-state index is 0.0762. The van der Waals surface area contributed by atoms with Crippen molar-refractivity contribution in [2.75, 3.05) is 31.1 Å². The molecule has 5 nitrogen and oxygen atoms in total. The second kappa shape index (κ2) is 10.5. The number of hydrogen-bond acceptors (Lipinski definition) is 5. The first kappa shape index (κ1) is 25.3. The van der Waals surface area contributed by atoms with Crippen LogP contribution in [-0.2, 0) is 11.0 Å². The van der Waals surface area contributed by atoms with Crippen molar-refractivity contribution >= 4 is 35.0 Å². The van der Waals surface area contributed by atoms with E-state index in [1.54, 1.807) is 42.2 Å². The van der Waals surface area contributed by atoms with Crippen LogP contribution in [0.4, 0.5) is 18.9 Å². The van der Waals surface area contributed by atoms with Gasteiger partial charge >= 0.3 is 6.18 Å². The molecule has 3 aromatic rings. The Bertz CT molecular complexity index is 1200. The van der Waals surface area contributed by atoms with Crippen molar-refractivity contribution in [2.24, 2.45) is 0 Å². The molecule has 0 saturated carbocycles. The van der Waals surface area contributed by atoms with Gasteiger partial charge in [-0.25, -0.2) is 9.97 Å². The Morgan fingerprint density at radius 3 is 2.37 bits per heavy atom. The average molecular weight is 521 g/mol. The van der Waals surface area contributed by atoms with Gasteiger partial charge in [-0.15, -0.1) is 0 Å². The Morgan fingerprint density at radius 1 is 1.03 bits per heavy atom. The van der Waals surface area contributed by atoms with Crippen LogP contribution in [-0.4, -0.2) is 52.2 Å². The average Bonchev–Trinajstić information content (AvgIpc) is 2.85. The van der Waals surface area contributed by atoms with E-state index in [9.17, 15) is 18.0 Å². The largest absolute Gasteiger partial charge is 0.433 e. The van der Waals surface area contributed by atoms with Crippen LogP contribution in [0, 0.1) is 6.92 Å². The van der Waals surface area contributed by atoms with Crippen molar-refractivity contribution in [3.63, 3.8) is 0 Å². The van der Waals surface area contributed by atoms with E-state index in [-0.39, 0.29) is 16.8 Å². The third-order valence-corrected chi connectivity index (χ3v) is 6.98. The Balaban J connectivity index is 1.46. The third kappa shape index (κ3) is 6.08. The van der Waals surface area contributed by atoms with Crippen molar-refractivity contribution in [3.05, 3.63) is 70.9 Å². The molecule has 0 aliphatic carbocycles. The molecule has 1 unspecified atom stereocenters. The second-order valence-corrected chi connectivity index (χ2v) is 10.0. The molecule has 1 aliphatic heterocycles. The highest BCUT2D eigenvalue weighted by Gasteiger charge is 2.34. The summed E-state index contributed by atoms with van der Waals surface area (Å²) in [6.45, 7) is 5.99. The number of carbonyl (C=O) groups excluding carboxylic acids is 1. The summed E-state index contributed by atoms with van der Waals surface area (Å²) in [5.74, 6) is -0.153. The van der Waals surface area contributed by atoms with Gasteiger partial charge in [0.1, 0.15) is 5.69 Å². The predicted octanol–water partition coefficient (Wildman–Crippen LogP) is 5.95. The molecule has 1 atom stereocenters. The van der Waals surface area contributed by atoms with Crippen molar-refractivity contribution < 1.29 is 18.0 Å². The van der Waals surface area contributed by atoms with Crippen molar-refractivity contribution in [1.82, 2.24) is 14.9 Å². The number of nitrogens with zero attached hydrogens (tertiary/aromatic N) is 4. The van der Waals surface area contributed by atoms with Gasteiger partial charge in [0.25, 0.3) is 0 Å². The number of hydrogen-bond donors (Lipinski definition) is 0. The van der Waals surface area contributed by atoms with Crippen LogP contribution < -0.4 is 4.90 Å². The summed E-state index contributed by atoms with van der Waals surface area (Å²) < 4.78 is 40.5. The quantitative estimate of drug-likeness (QED) is 0.307. The molecule has 0 bridgehead atoms. The lowest BCUT2D eigenvalue weighted by atomic mass is 10.1. The molecule has 0 spiro atoms.